The maximum Gasteiger partial charge on any atom is 0.123 e. The lowest BCUT2D eigenvalue weighted by atomic mass is 10.1. The first-order valence-electron chi connectivity index (χ1n) is 4.61. The number of hydrogen-bond acceptors (Lipinski definition) is 1. The van der Waals surface area contributed by atoms with Gasteiger partial charge in [-0.3, -0.25) is 0 Å². The molecule has 14 heavy (non-hydrogen) atoms. The zero-order valence-electron chi connectivity index (χ0n) is 8.50. The van der Waals surface area contributed by atoms with Crippen molar-refractivity contribution < 1.29 is 8.78 Å². The van der Waals surface area contributed by atoms with Gasteiger partial charge < -0.3 is 4.90 Å². The smallest absolute Gasteiger partial charge is 0.123 e. The van der Waals surface area contributed by atoms with E-state index in [1.807, 2.05) is 14.1 Å². The molecule has 1 rings (SSSR count). The van der Waals surface area contributed by atoms with E-state index in [2.05, 4.69) is 0 Å². The quantitative estimate of drug-likeness (QED) is 0.719. The number of halogens is 2. The molecule has 0 spiro atoms. The standard InChI is InChI=1S/C11H15F2N/c1-14(2)8-11(13)7-9-4-3-5-10(12)6-9/h3-6,11H,7-8H2,1-2H3/t11-/m1/s1. The third-order valence-corrected chi connectivity index (χ3v) is 1.91. The SMILES string of the molecule is CN(C)C[C@H](F)Cc1cccc(F)c1. The Hall–Kier alpha value is -0.960. The van der Waals surface area contributed by atoms with Crippen molar-refractivity contribution in [2.75, 3.05) is 20.6 Å². The molecular weight excluding hydrogens is 184 g/mol. The Labute approximate surface area is 83.3 Å². The van der Waals surface area contributed by atoms with Gasteiger partial charge in [-0.25, -0.2) is 8.78 Å². The normalized spacial score (nSPS) is 13.2. The summed E-state index contributed by atoms with van der Waals surface area (Å²) < 4.78 is 26.1. The van der Waals surface area contributed by atoms with Crippen molar-refractivity contribution in [2.24, 2.45) is 0 Å². The van der Waals surface area contributed by atoms with Gasteiger partial charge in [0.25, 0.3) is 0 Å². The van der Waals surface area contributed by atoms with Gasteiger partial charge in [-0.05, 0) is 31.8 Å². The van der Waals surface area contributed by atoms with Crippen LogP contribution in [0.5, 0.6) is 0 Å². The molecule has 78 valence electrons. The van der Waals surface area contributed by atoms with Crippen molar-refractivity contribution in [1.82, 2.24) is 4.90 Å². The third kappa shape index (κ3) is 3.83. The van der Waals surface area contributed by atoms with Crippen LogP contribution in [0.3, 0.4) is 0 Å². The summed E-state index contributed by atoms with van der Waals surface area (Å²) in [5, 5.41) is 0. The third-order valence-electron chi connectivity index (χ3n) is 1.91. The first-order chi connectivity index (χ1) is 6.58. The summed E-state index contributed by atoms with van der Waals surface area (Å²) in [4.78, 5) is 1.78. The van der Waals surface area contributed by atoms with Crippen molar-refractivity contribution in [1.29, 1.82) is 0 Å². The fourth-order valence-corrected chi connectivity index (χ4v) is 1.38. The fraction of sp³-hybridized carbons (Fsp3) is 0.455. The summed E-state index contributed by atoms with van der Waals surface area (Å²) in [6.07, 6.45) is -0.664. The number of benzene rings is 1. The Morgan fingerprint density at radius 1 is 1.36 bits per heavy atom. The maximum atomic E-state index is 13.3. The van der Waals surface area contributed by atoms with E-state index in [-0.39, 0.29) is 12.2 Å². The molecule has 0 unspecified atom stereocenters. The molecule has 1 aromatic carbocycles. The fourth-order valence-electron chi connectivity index (χ4n) is 1.38. The van der Waals surface area contributed by atoms with Crippen LogP contribution in [0.2, 0.25) is 0 Å². The molecule has 1 atom stereocenters. The molecule has 0 saturated carbocycles. The molecule has 0 aromatic heterocycles. The van der Waals surface area contributed by atoms with Crippen LogP contribution in [-0.4, -0.2) is 31.7 Å². The molecule has 1 nitrogen and oxygen atoms in total. The minimum atomic E-state index is -0.938. The molecule has 0 bridgehead atoms. The second-order valence-corrected chi connectivity index (χ2v) is 3.69. The van der Waals surface area contributed by atoms with E-state index in [4.69, 9.17) is 0 Å². The van der Waals surface area contributed by atoms with Gasteiger partial charge in [0.1, 0.15) is 12.0 Å². The molecule has 0 saturated heterocycles. The van der Waals surface area contributed by atoms with E-state index in [1.54, 1.807) is 17.0 Å². The molecule has 0 radical (unpaired) electrons. The van der Waals surface area contributed by atoms with E-state index in [0.717, 1.165) is 0 Å². The van der Waals surface area contributed by atoms with Crippen molar-refractivity contribution >= 4 is 0 Å². The number of hydrogen-bond donors (Lipinski definition) is 0. The Balaban J connectivity index is 2.51. The van der Waals surface area contributed by atoms with E-state index >= 15 is 0 Å². The van der Waals surface area contributed by atoms with Gasteiger partial charge in [0.05, 0.1) is 0 Å². The first kappa shape index (κ1) is 11.1. The summed E-state index contributed by atoms with van der Waals surface area (Å²) in [5.41, 5.74) is 0.708. The Morgan fingerprint density at radius 2 is 2.07 bits per heavy atom. The van der Waals surface area contributed by atoms with Crippen LogP contribution in [0.1, 0.15) is 5.56 Å². The predicted molar refractivity (Wildman–Crippen MR) is 53.6 cm³/mol. The molecule has 0 heterocycles. The van der Waals surface area contributed by atoms with Crippen LogP contribution in [0.4, 0.5) is 8.78 Å². The Morgan fingerprint density at radius 3 is 2.64 bits per heavy atom. The second-order valence-electron chi connectivity index (χ2n) is 3.69. The van der Waals surface area contributed by atoms with Gasteiger partial charge in [-0.2, -0.15) is 0 Å². The molecule has 0 aliphatic carbocycles. The highest BCUT2D eigenvalue weighted by Crippen LogP contribution is 2.08. The molecular formula is C11H15F2N. The zero-order valence-corrected chi connectivity index (χ0v) is 8.50. The summed E-state index contributed by atoms with van der Waals surface area (Å²) >= 11 is 0. The van der Waals surface area contributed by atoms with Gasteiger partial charge >= 0.3 is 0 Å². The highest BCUT2D eigenvalue weighted by Gasteiger charge is 2.08. The average Bonchev–Trinajstić information content (AvgIpc) is 2.01. The van der Waals surface area contributed by atoms with Gasteiger partial charge in [-0.1, -0.05) is 12.1 Å². The average molecular weight is 199 g/mol. The minimum absolute atomic E-state index is 0.274. The van der Waals surface area contributed by atoms with E-state index in [0.29, 0.717) is 12.1 Å². The molecule has 0 aliphatic rings. The van der Waals surface area contributed by atoms with Gasteiger partial charge in [0, 0.05) is 13.0 Å². The topological polar surface area (TPSA) is 3.24 Å². The maximum absolute atomic E-state index is 13.3. The van der Waals surface area contributed by atoms with Gasteiger partial charge in [0.15, 0.2) is 0 Å². The minimum Gasteiger partial charge on any atom is -0.307 e. The predicted octanol–water partition coefficient (Wildman–Crippen LogP) is 2.27. The molecule has 0 N–H and O–H groups in total. The number of alkyl halides is 1. The van der Waals surface area contributed by atoms with E-state index < -0.39 is 6.17 Å². The van der Waals surface area contributed by atoms with Gasteiger partial charge in [0.2, 0.25) is 0 Å². The summed E-state index contributed by atoms with van der Waals surface area (Å²) in [5.74, 6) is -0.306. The highest BCUT2D eigenvalue weighted by molar-refractivity contribution is 5.17. The molecule has 0 fully saturated rings. The highest BCUT2D eigenvalue weighted by atomic mass is 19.1. The second kappa shape index (κ2) is 5.05. The van der Waals surface area contributed by atoms with Crippen LogP contribution in [-0.2, 0) is 6.42 Å². The van der Waals surface area contributed by atoms with E-state index in [1.165, 1.54) is 12.1 Å². The number of rotatable bonds is 4. The van der Waals surface area contributed by atoms with Gasteiger partial charge in [-0.15, -0.1) is 0 Å². The van der Waals surface area contributed by atoms with Crippen molar-refractivity contribution in [3.05, 3.63) is 35.6 Å². The Kier molecular flexibility index (Phi) is 4.01. The Bertz CT molecular complexity index is 286. The first-order valence-corrected chi connectivity index (χ1v) is 4.61. The lowest BCUT2D eigenvalue weighted by molar-refractivity contribution is 0.246. The van der Waals surface area contributed by atoms with Crippen LogP contribution in [0, 0.1) is 5.82 Å². The van der Waals surface area contributed by atoms with Crippen molar-refractivity contribution in [3.63, 3.8) is 0 Å². The number of nitrogens with zero attached hydrogens (tertiary/aromatic N) is 1. The summed E-state index contributed by atoms with van der Waals surface area (Å²) in [7, 11) is 3.64. The van der Waals surface area contributed by atoms with Crippen LogP contribution in [0.15, 0.2) is 24.3 Å². The molecule has 1 aromatic rings. The van der Waals surface area contributed by atoms with Crippen LogP contribution >= 0.6 is 0 Å². The lowest BCUT2D eigenvalue weighted by Gasteiger charge is -2.13. The molecule has 0 aliphatic heterocycles. The summed E-state index contributed by atoms with van der Waals surface area (Å²) in [6, 6.07) is 6.09. The van der Waals surface area contributed by atoms with Crippen LogP contribution < -0.4 is 0 Å². The monoisotopic (exact) mass is 199 g/mol. The van der Waals surface area contributed by atoms with E-state index in [9.17, 15) is 8.78 Å². The molecule has 0 amide bonds. The lowest BCUT2D eigenvalue weighted by Crippen LogP contribution is -2.24. The largest absolute Gasteiger partial charge is 0.307 e. The molecule has 3 heteroatoms. The van der Waals surface area contributed by atoms with Crippen molar-refractivity contribution in [2.45, 2.75) is 12.6 Å². The van der Waals surface area contributed by atoms with Crippen LogP contribution in [0.25, 0.3) is 0 Å². The summed E-state index contributed by atoms with van der Waals surface area (Å²) in [6.45, 7) is 0.372. The zero-order chi connectivity index (χ0) is 10.6. The van der Waals surface area contributed by atoms with Crippen molar-refractivity contribution in [3.8, 4) is 0 Å².